The third-order valence-corrected chi connectivity index (χ3v) is 3.96. The summed E-state index contributed by atoms with van der Waals surface area (Å²) in [6.45, 7) is 1.96. The molecule has 18 heavy (non-hydrogen) atoms. The molecule has 0 atom stereocenters. The minimum atomic E-state index is -0.978. The van der Waals surface area contributed by atoms with Crippen LogP contribution in [0.4, 0.5) is 0 Å². The van der Waals surface area contributed by atoms with E-state index in [1.54, 1.807) is 12.3 Å². The number of hydrogen-bond donors (Lipinski definition) is 1. The van der Waals surface area contributed by atoms with Gasteiger partial charge in [0.15, 0.2) is 0 Å². The highest BCUT2D eigenvalue weighted by Gasteiger charge is 2.07. The zero-order valence-electron chi connectivity index (χ0n) is 9.42. The highest BCUT2D eigenvalue weighted by atomic mass is 79.9. The van der Waals surface area contributed by atoms with E-state index in [1.165, 1.54) is 24.0 Å². The average molecular weight is 325 g/mol. The van der Waals surface area contributed by atoms with Gasteiger partial charge in [-0.05, 0) is 58.4 Å². The Bertz CT molecular complexity index is 587. The van der Waals surface area contributed by atoms with E-state index in [0.717, 1.165) is 15.1 Å². The Morgan fingerprint density at radius 2 is 2.11 bits per heavy atom. The van der Waals surface area contributed by atoms with Gasteiger partial charge in [-0.25, -0.2) is 14.8 Å². The number of carboxylic acids is 1. The number of carbonyl (C=O) groups is 1. The van der Waals surface area contributed by atoms with E-state index >= 15 is 0 Å². The molecule has 0 saturated carbocycles. The first-order valence-corrected chi connectivity index (χ1v) is 6.66. The third-order valence-electron chi connectivity index (χ3n) is 2.13. The Kier molecular flexibility index (Phi) is 3.98. The van der Waals surface area contributed by atoms with Crippen molar-refractivity contribution in [3.05, 3.63) is 46.2 Å². The zero-order chi connectivity index (χ0) is 13.1. The smallest absolute Gasteiger partial charge is 0.337 e. The predicted octanol–water partition coefficient (Wildman–Crippen LogP) is 3.40. The van der Waals surface area contributed by atoms with E-state index in [0.29, 0.717) is 5.03 Å². The number of aromatic carboxylic acids is 1. The molecule has 0 bridgehead atoms. The fraction of sp³-hybridized carbons (Fsp3) is 0.0833. The largest absolute Gasteiger partial charge is 0.478 e. The van der Waals surface area contributed by atoms with Crippen molar-refractivity contribution in [3.63, 3.8) is 0 Å². The average Bonchev–Trinajstić information content (AvgIpc) is 2.33. The molecular formula is C12H9BrN2O2S. The second-order valence-corrected chi connectivity index (χ2v) is 5.46. The summed E-state index contributed by atoms with van der Waals surface area (Å²) in [6.07, 6.45) is 3.12. The monoisotopic (exact) mass is 324 g/mol. The van der Waals surface area contributed by atoms with Crippen LogP contribution in [0.25, 0.3) is 0 Å². The van der Waals surface area contributed by atoms with Crippen molar-refractivity contribution >= 4 is 33.7 Å². The maximum atomic E-state index is 10.7. The maximum absolute atomic E-state index is 10.7. The fourth-order valence-corrected chi connectivity index (χ4v) is 2.67. The highest BCUT2D eigenvalue weighted by molar-refractivity contribution is 9.10. The molecule has 92 valence electrons. The second-order valence-electron chi connectivity index (χ2n) is 3.59. The van der Waals surface area contributed by atoms with Gasteiger partial charge in [0, 0.05) is 12.4 Å². The van der Waals surface area contributed by atoms with Gasteiger partial charge < -0.3 is 5.11 Å². The van der Waals surface area contributed by atoms with Gasteiger partial charge in [0.1, 0.15) is 10.1 Å². The summed E-state index contributed by atoms with van der Waals surface area (Å²) >= 11 is 4.82. The van der Waals surface area contributed by atoms with Crippen LogP contribution in [0.2, 0.25) is 0 Å². The molecule has 0 amide bonds. The Morgan fingerprint density at radius 1 is 1.33 bits per heavy atom. The lowest BCUT2D eigenvalue weighted by molar-refractivity contribution is 0.0696. The molecule has 0 aliphatic rings. The van der Waals surface area contributed by atoms with Crippen LogP contribution in [0.5, 0.6) is 0 Å². The van der Waals surface area contributed by atoms with E-state index in [-0.39, 0.29) is 5.56 Å². The van der Waals surface area contributed by atoms with E-state index in [4.69, 9.17) is 5.11 Å². The molecule has 0 radical (unpaired) electrons. The maximum Gasteiger partial charge on any atom is 0.337 e. The number of hydrogen-bond acceptors (Lipinski definition) is 4. The summed E-state index contributed by atoms with van der Waals surface area (Å²) in [7, 11) is 0. The summed E-state index contributed by atoms with van der Waals surface area (Å²) in [5.74, 6) is -0.978. The second kappa shape index (κ2) is 5.49. The van der Waals surface area contributed by atoms with Crippen LogP contribution < -0.4 is 0 Å². The highest BCUT2D eigenvalue weighted by Crippen LogP contribution is 2.30. The molecule has 0 unspecified atom stereocenters. The van der Waals surface area contributed by atoms with Gasteiger partial charge in [0.2, 0.25) is 0 Å². The number of aryl methyl sites for hydroxylation is 1. The molecule has 1 N–H and O–H groups in total. The van der Waals surface area contributed by atoms with Crippen molar-refractivity contribution in [2.75, 3.05) is 0 Å². The lowest BCUT2D eigenvalue weighted by Gasteiger charge is -2.03. The van der Waals surface area contributed by atoms with E-state index < -0.39 is 5.97 Å². The topological polar surface area (TPSA) is 63.1 Å². The SMILES string of the molecule is Cc1cnc(Sc2ccc(C(=O)O)cn2)c(Br)c1. The standard InChI is InChI=1S/C12H9BrN2O2S/c1-7-4-9(13)11(15-5-7)18-10-3-2-8(6-14-10)12(16)17/h2-6H,1H3,(H,16,17). The number of rotatable bonds is 3. The third kappa shape index (κ3) is 3.08. The minimum absolute atomic E-state index is 0.176. The van der Waals surface area contributed by atoms with Crippen LogP contribution in [0, 0.1) is 6.92 Å². The van der Waals surface area contributed by atoms with Gasteiger partial charge in [-0.3, -0.25) is 0 Å². The number of carboxylic acid groups (broad SMARTS) is 1. The molecule has 0 spiro atoms. The van der Waals surface area contributed by atoms with Gasteiger partial charge in [-0.15, -0.1) is 0 Å². The number of nitrogens with zero attached hydrogens (tertiary/aromatic N) is 2. The first-order chi connectivity index (χ1) is 8.56. The summed E-state index contributed by atoms with van der Waals surface area (Å²) in [5, 5.41) is 10.3. The molecule has 4 nitrogen and oxygen atoms in total. The van der Waals surface area contributed by atoms with Crippen molar-refractivity contribution in [3.8, 4) is 0 Å². The van der Waals surface area contributed by atoms with Crippen LogP contribution >= 0.6 is 27.7 Å². The van der Waals surface area contributed by atoms with Gasteiger partial charge in [0.05, 0.1) is 10.0 Å². The van der Waals surface area contributed by atoms with Gasteiger partial charge in [-0.1, -0.05) is 0 Å². The van der Waals surface area contributed by atoms with Crippen molar-refractivity contribution in [1.82, 2.24) is 9.97 Å². The molecule has 2 rings (SSSR count). The first kappa shape index (κ1) is 13.0. The number of pyridine rings is 2. The Hall–Kier alpha value is -1.40. The molecule has 0 aliphatic heterocycles. The molecule has 0 aliphatic carbocycles. The van der Waals surface area contributed by atoms with Crippen LogP contribution in [-0.2, 0) is 0 Å². The lowest BCUT2D eigenvalue weighted by atomic mass is 10.3. The summed E-state index contributed by atoms with van der Waals surface area (Å²) < 4.78 is 0.900. The van der Waals surface area contributed by atoms with Crippen molar-refractivity contribution in [2.45, 2.75) is 17.0 Å². The van der Waals surface area contributed by atoms with Crippen molar-refractivity contribution in [1.29, 1.82) is 0 Å². The lowest BCUT2D eigenvalue weighted by Crippen LogP contribution is -1.96. The number of halogens is 1. The molecule has 2 aromatic rings. The van der Waals surface area contributed by atoms with Gasteiger partial charge in [-0.2, -0.15) is 0 Å². The van der Waals surface area contributed by atoms with E-state index in [2.05, 4.69) is 25.9 Å². The quantitative estimate of drug-likeness (QED) is 0.937. The Labute approximate surface area is 117 Å². The van der Waals surface area contributed by atoms with Gasteiger partial charge >= 0.3 is 5.97 Å². The summed E-state index contributed by atoms with van der Waals surface area (Å²) in [6, 6.07) is 5.17. The van der Waals surface area contributed by atoms with Crippen molar-refractivity contribution in [2.24, 2.45) is 0 Å². The van der Waals surface area contributed by atoms with Crippen LogP contribution in [0.3, 0.4) is 0 Å². The van der Waals surface area contributed by atoms with Crippen LogP contribution in [0.1, 0.15) is 15.9 Å². The molecule has 0 saturated heterocycles. The van der Waals surface area contributed by atoms with E-state index in [9.17, 15) is 4.79 Å². The molecule has 0 aromatic carbocycles. The van der Waals surface area contributed by atoms with E-state index in [1.807, 2.05) is 13.0 Å². The Morgan fingerprint density at radius 3 is 2.67 bits per heavy atom. The summed E-state index contributed by atoms with van der Waals surface area (Å²) in [5.41, 5.74) is 1.25. The molecule has 0 fully saturated rings. The minimum Gasteiger partial charge on any atom is -0.478 e. The normalized spacial score (nSPS) is 10.3. The predicted molar refractivity (Wildman–Crippen MR) is 72.0 cm³/mol. The molecular weight excluding hydrogens is 316 g/mol. The van der Waals surface area contributed by atoms with Crippen LogP contribution in [0.15, 0.2) is 45.1 Å². The van der Waals surface area contributed by atoms with Crippen molar-refractivity contribution < 1.29 is 9.90 Å². The zero-order valence-corrected chi connectivity index (χ0v) is 11.8. The molecule has 6 heteroatoms. The van der Waals surface area contributed by atoms with Crippen LogP contribution in [-0.4, -0.2) is 21.0 Å². The number of aromatic nitrogens is 2. The summed E-state index contributed by atoms with van der Waals surface area (Å²) in [4.78, 5) is 19.1. The van der Waals surface area contributed by atoms with Gasteiger partial charge in [0.25, 0.3) is 0 Å². The Balaban J connectivity index is 2.21. The molecule has 2 heterocycles. The fourth-order valence-electron chi connectivity index (χ4n) is 1.26. The first-order valence-electron chi connectivity index (χ1n) is 5.05. The molecule has 2 aromatic heterocycles.